The van der Waals surface area contributed by atoms with Gasteiger partial charge in [-0.1, -0.05) is 15.9 Å². The molecule has 1 unspecified atom stereocenters. The van der Waals surface area contributed by atoms with E-state index in [9.17, 15) is 4.79 Å². The second kappa shape index (κ2) is 9.00. The van der Waals surface area contributed by atoms with Crippen molar-refractivity contribution in [2.24, 2.45) is 0 Å². The number of carbonyl (C=O) groups is 1. The highest BCUT2D eigenvalue weighted by Crippen LogP contribution is 2.15. The van der Waals surface area contributed by atoms with Gasteiger partial charge in [-0.25, -0.2) is 0 Å². The van der Waals surface area contributed by atoms with Gasteiger partial charge >= 0.3 is 0 Å². The number of alkyl halides is 1. The minimum absolute atomic E-state index is 0.338. The predicted molar refractivity (Wildman–Crippen MR) is 84.3 cm³/mol. The number of ether oxygens (including phenoxy) is 1. The van der Waals surface area contributed by atoms with E-state index >= 15 is 0 Å². The third kappa shape index (κ3) is 5.34. The topological polar surface area (TPSA) is 32.8 Å². The first kappa shape index (κ1) is 16.2. The summed E-state index contributed by atoms with van der Waals surface area (Å²) in [5.74, 6) is 0.338. The fourth-order valence-electron chi connectivity index (χ4n) is 3.01. The van der Waals surface area contributed by atoms with Crippen molar-refractivity contribution >= 4 is 21.8 Å². The number of hydrogen-bond acceptors (Lipinski definition) is 3. The molecule has 116 valence electrons. The van der Waals surface area contributed by atoms with E-state index in [-0.39, 0.29) is 0 Å². The van der Waals surface area contributed by atoms with E-state index in [4.69, 9.17) is 4.74 Å². The molecule has 0 radical (unpaired) electrons. The summed E-state index contributed by atoms with van der Waals surface area (Å²) in [5, 5.41) is 0.995. The molecule has 2 fully saturated rings. The van der Waals surface area contributed by atoms with Crippen molar-refractivity contribution in [2.45, 2.75) is 44.6 Å². The van der Waals surface area contributed by atoms with Crippen molar-refractivity contribution < 1.29 is 9.53 Å². The number of unbranched alkanes of at least 4 members (excludes halogenated alkanes) is 1. The number of amides is 1. The number of halogens is 1. The molecule has 1 amide bonds. The summed E-state index contributed by atoms with van der Waals surface area (Å²) in [6.07, 6.45) is 6.72. The Hall–Kier alpha value is -0.130. The zero-order valence-electron chi connectivity index (χ0n) is 12.4. The normalized spacial score (nSPS) is 24.9. The molecule has 0 aromatic heterocycles. The van der Waals surface area contributed by atoms with Gasteiger partial charge in [0.2, 0.25) is 5.91 Å². The molecule has 0 aromatic carbocycles. The lowest BCUT2D eigenvalue weighted by Gasteiger charge is -2.24. The molecule has 2 rings (SSSR count). The highest BCUT2D eigenvalue weighted by Gasteiger charge is 2.22. The minimum Gasteiger partial charge on any atom is -0.377 e. The Morgan fingerprint density at radius 1 is 1.15 bits per heavy atom. The van der Waals surface area contributed by atoms with Crippen LogP contribution in [0.25, 0.3) is 0 Å². The van der Waals surface area contributed by atoms with Gasteiger partial charge in [0.15, 0.2) is 0 Å². The van der Waals surface area contributed by atoms with Crippen LogP contribution in [0.3, 0.4) is 0 Å². The van der Waals surface area contributed by atoms with Gasteiger partial charge in [-0.05, 0) is 38.6 Å². The van der Waals surface area contributed by atoms with E-state index in [0.717, 1.165) is 63.9 Å². The number of nitrogens with zero attached hydrogens (tertiary/aromatic N) is 2. The molecule has 0 spiro atoms. The summed E-state index contributed by atoms with van der Waals surface area (Å²) in [6, 6.07) is 0. The SMILES string of the molecule is O=C(CCCCBr)N1CCCN(CC2CCCO2)CC1. The van der Waals surface area contributed by atoms with E-state index < -0.39 is 0 Å². The predicted octanol–water partition coefficient (Wildman–Crippen LogP) is 2.26. The fourth-order valence-corrected chi connectivity index (χ4v) is 3.40. The Balaban J connectivity index is 1.69. The van der Waals surface area contributed by atoms with Crippen LogP contribution in [-0.4, -0.2) is 66.5 Å². The van der Waals surface area contributed by atoms with E-state index in [2.05, 4.69) is 25.7 Å². The lowest BCUT2D eigenvalue weighted by molar-refractivity contribution is -0.131. The van der Waals surface area contributed by atoms with E-state index in [1.165, 1.54) is 12.8 Å². The molecule has 0 N–H and O–H groups in total. The van der Waals surface area contributed by atoms with Crippen molar-refractivity contribution in [3.63, 3.8) is 0 Å². The van der Waals surface area contributed by atoms with Crippen LogP contribution in [0.5, 0.6) is 0 Å². The van der Waals surface area contributed by atoms with Gasteiger partial charge in [0.05, 0.1) is 6.10 Å². The second-order valence-electron chi connectivity index (χ2n) is 5.82. The van der Waals surface area contributed by atoms with Gasteiger partial charge in [-0.15, -0.1) is 0 Å². The lowest BCUT2D eigenvalue weighted by atomic mass is 10.2. The van der Waals surface area contributed by atoms with Crippen LogP contribution in [-0.2, 0) is 9.53 Å². The first-order chi connectivity index (χ1) is 9.79. The Morgan fingerprint density at radius 2 is 2.05 bits per heavy atom. The Labute approximate surface area is 130 Å². The maximum absolute atomic E-state index is 12.1. The summed E-state index contributed by atoms with van der Waals surface area (Å²) < 4.78 is 5.71. The summed E-state index contributed by atoms with van der Waals surface area (Å²) in [6.45, 7) is 5.90. The lowest BCUT2D eigenvalue weighted by Crippen LogP contribution is -2.37. The van der Waals surface area contributed by atoms with Crippen LogP contribution in [0.2, 0.25) is 0 Å². The largest absolute Gasteiger partial charge is 0.377 e. The van der Waals surface area contributed by atoms with Crippen LogP contribution in [0, 0.1) is 0 Å². The summed E-state index contributed by atoms with van der Waals surface area (Å²) >= 11 is 3.41. The molecule has 5 heteroatoms. The number of rotatable bonds is 6. The van der Waals surface area contributed by atoms with Crippen LogP contribution in [0.4, 0.5) is 0 Å². The van der Waals surface area contributed by atoms with Gasteiger partial charge in [0, 0.05) is 44.5 Å². The molecule has 0 aliphatic carbocycles. The van der Waals surface area contributed by atoms with Crippen molar-refractivity contribution in [2.75, 3.05) is 44.7 Å². The van der Waals surface area contributed by atoms with Crippen LogP contribution >= 0.6 is 15.9 Å². The molecule has 2 heterocycles. The maximum Gasteiger partial charge on any atom is 0.222 e. The minimum atomic E-state index is 0.338. The average molecular weight is 347 g/mol. The molecular formula is C15H27BrN2O2. The van der Waals surface area contributed by atoms with Gasteiger partial charge in [0.25, 0.3) is 0 Å². The molecule has 1 atom stereocenters. The molecule has 0 aromatic rings. The van der Waals surface area contributed by atoms with Gasteiger partial charge in [0.1, 0.15) is 0 Å². The van der Waals surface area contributed by atoms with E-state index in [0.29, 0.717) is 18.4 Å². The summed E-state index contributed by atoms with van der Waals surface area (Å²) in [7, 11) is 0. The maximum atomic E-state index is 12.1. The Bertz CT molecular complexity index is 296. The van der Waals surface area contributed by atoms with Crippen molar-refractivity contribution in [1.29, 1.82) is 0 Å². The molecule has 0 saturated carbocycles. The van der Waals surface area contributed by atoms with E-state index in [1.807, 2.05) is 0 Å². The summed E-state index contributed by atoms with van der Waals surface area (Å²) in [4.78, 5) is 16.7. The van der Waals surface area contributed by atoms with Crippen molar-refractivity contribution in [1.82, 2.24) is 9.80 Å². The van der Waals surface area contributed by atoms with E-state index in [1.54, 1.807) is 0 Å². The molecule has 2 aliphatic rings. The standard InChI is InChI=1S/C15H27BrN2O2/c16-7-2-1-6-15(19)18-9-4-8-17(10-11-18)13-14-5-3-12-20-14/h14H,1-13H2. The number of carbonyl (C=O) groups excluding carboxylic acids is 1. The van der Waals surface area contributed by atoms with Crippen molar-refractivity contribution in [3.8, 4) is 0 Å². The zero-order valence-corrected chi connectivity index (χ0v) is 13.9. The molecule has 0 bridgehead atoms. The Kier molecular flexibility index (Phi) is 7.31. The third-order valence-corrected chi connectivity index (χ3v) is 4.76. The molecular weight excluding hydrogens is 320 g/mol. The molecule has 2 saturated heterocycles. The van der Waals surface area contributed by atoms with Gasteiger partial charge in [-0.2, -0.15) is 0 Å². The molecule has 20 heavy (non-hydrogen) atoms. The Morgan fingerprint density at radius 3 is 2.80 bits per heavy atom. The van der Waals surface area contributed by atoms with Crippen LogP contribution in [0.15, 0.2) is 0 Å². The first-order valence-electron chi connectivity index (χ1n) is 7.97. The quantitative estimate of drug-likeness (QED) is 0.546. The highest BCUT2D eigenvalue weighted by atomic mass is 79.9. The van der Waals surface area contributed by atoms with Crippen LogP contribution in [0.1, 0.15) is 38.5 Å². The highest BCUT2D eigenvalue weighted by molar-refractivity contribution is 9.09. The van der Waals surface area contributed by atoms with Gasteiger partial charge in [-0.3, -0.25) is 9.69 Å². The second-order valence-corrected chi connectivity index (χ2v) is 6.61. The molecule has 2 aliphatic heterocycles. The zero-order chi connectivity index (χ0) is 14.2. The average Bonchev–Trinajstić information content (AvgIpc) is 2.84. The van der Waals surface area contributed by atoms with Crippen molar-refractivity contribution in [3.05, 3.63) is 0 Å². The van der Waals surface area contributed by atoms with Crippen LogP contribution < -0.4 is 0 Å². The third-order valence-electron chi connectivity index (χ3n) is 4.20. The monoisotopic (exact) mass is 346 g/mol. The number of hydrogen-bond donors (Lipinski definition) is 0. The first-order valence-corrected chi connectivity index (χ1v) is 9.09. The molecule has 4 nitrogen and oxygen atoms in total. The summed E-state index contributed by atoms with van der Waals surface area (Å²) in [5.41, 5.74) is 0. The van der Waals surface area contributed by atoms with Gasteiger partial charge < -0.3 is 9.64 Å². The smallest absolute Gasteiger partial charge is 0.222 e. The fraction of sp³-hybridized carbons (Fsp3) is 0.933.